The van der Waals surface area contributed by atoms with Crippen LogP contribution in [0.15, 0.2) is 40.0 Å². The average Bonchev–Trinajstić information content (AvgIpc) is 3.17. The number of aromatic nitrogens is 3. The van der Waals surface area contributed by atoms with Gasteiger partial charge < -0.3 is 14.7 Å². The van der Waals surface area contributed by atoms with E-state index in [1.54, 1.807) is 11.8 Å². The Kier molecular flexibility index (Phi) is 5.99. The topological polar surface area (TPSA) is 134 Å². The van der Waals surface area contributed by atoms with E-state index in [0.29, 0.717) is 15.8 Å². The van der Waals surface area contributed by atoms with Crippen LogP contribution in [0.5, 0.6) is 5.75 Å². The minimum absolute atomic E-state index is 0.0613. The number of fused-ring (bicyclic) bond motifs is 1. The minimum Gasteiger partial charge on any atom is -0.480 e. The van der Waals surface area contributed by atoms with Crippen molar-refractivity contribution in [2.24, 2.45) is 0 Å². The van der Waals surface area contributed by atoms with Gasteiger partial charge >= 0.3 is 12.3 Å². The molecule has 0 saturated carbocycles. The second kappa shape index (κ2) is 8.52. The lowest BCUT2D eigenvalue weighted by molar-refractivity contribution is -0.274. The molecule has 3 heterocycles. The Bertz CT molecular complexity index is 1400. The predicted octanol–water partition coefficient (Wildman–Crippen LogP) is 1.32. The monoisotopic (exact) mass is 519 g/mol. The summed E-state index contributed by atoms with van der Waals surface area (Å²) in [6, 6.07) is 3.28. The van der Waals surface area contributed by atoms with E-state index >= 15 is 0 Å². The highest BCUT2D eigenvalue weighted by Crippen LogP contribution is 2.29. The first-order chi connectivity index (χ1) is 15.8. The van der Waals surface area contributed by atoms with Gasteiger partial charge in [0.05, 0.1) is 4.90 Å². The van der Waals surface area contributed by atoms with E-state index in [2.05, 4.69) is 14.8 Å². The highest BCUT2D eigenvalue weighted by molar-refractivity contribution is 7.89. The Morgan fingerprint density at radius 2 is 1.91 bits per heavy atom. The zero-order chi connectivity index (χ0) is 24.8. The maximum atomic E-state index is 13.1. The van der Waals surface area contributed by atoms with Gasteiger partial charge in [0.25, 0.3) is 5.56 Å². The molecule has 0 aliphatic carbocycles. The normalized spacial score (nSPS) is 17.8. The van der Waals surface area contributed by atoms with E-state index in [1.807, 2.05) is 0 Å². The van der Waals surface area contributed by atoms with Gasteiger partial charge in [0.15, 0.2) is 0 Å². The number of ether oxygens (including phenoxy) is 1. The van der Waals surface area contributed by atoms with Gasteiger partial charge in [-0.05, 0) is 31.2 Å². The Balaban J connectivity index is 1.59. The van der Waals surface area contributed by atoms with Crippen LogP contribution in [-0.2, 0) is 14.8 Å². The third-order valence-electron chi connectivity index (χ3n) is 4.91. The summed E-state index contributed by atoms with van der Waals surface area (Å²) >= 11 is 1.06. The maximum absolute atomic E-state index is 13.1. The van der Waals surface area contributed by atoms with Crippen molar-refractivity contribution < 1.29 is 36.2 Å². The number of benzene rings is 1. The van der Waals surface area contributed by atoms with Crippen LogP contribution in [0.4, 0.5) is 18.3 Å². The number of rotatable bonds is 5. The summed E-state index contributed by atoms with van der Waals surface area (Å²) in [6.45, 7) is 1.20. The number of carboxylic acids is 1. The van der Waals surface area contributed by atoms with Gasteiger partial charge in [-0.15, -0.1) is 18.3 Å². The molecule has 0 radical (unpaired) electrons. The molecular formula is C18H16F3N5O6S2. The number of carbonyl (C=O) groups is 1. The molecule has 1 N–H and O–H groups in total. The van der Waals surface area contributed by atoms with Crippen LogP contribution >= 0.6 is 11.3 Å². The molecule has 34 heavy (non-hydrogen) atoms. The molecule has 1 aliphatic rings. The first-order valence-corrected chi connectivity index (χ1v) is 11.8. The number of halogens is 3. The number of anilines is 1. The summed E-state index contributed by atoms with van der Waals surface area (Å²) in [5.74, 6) is -2.03. The van der Waals surface area contributed by atoms with Crippen LogP contribution in [0.2, 0.25) is 0 Å². The molecule has 16 heteroatoms. The van der Waals surface area contributed by atoms with Gasteiger partial charge in [0, 0.05) is 31.4 Å². The second-order valence-corrected chi connectivity index (χ2v) is 10.1. The number of hydrogen-bond acceptors (Lipinski definition) is 9. The fourth-order valence-corrected chi connectivity index (χ4v) is 5.97. The number of piperazine rings is 1. The van der Waals surface area contributed by atoms with Gasteiger partial charge in [0.2, 0.25) is 20.1 Å². The third-order valence-corrected chi connectivity index (χ3v) is 7.80. The van der Waals surface area contributed by atoms with E-state index < -0.39 is 39.7 Å². The number of alkyl halides is 3. The summed E-state index contributed by atoms with van der Waals surface area (Å²) in [6.07, 6.45) is -4.94. The lowest BCUT2D eigenvalue weighted by Gasteiger charge is -2.38. The van der Waals surface area contributed by atoms with Crippen molar-refractivity contribution in [3.63, 3.8) is 0 Å². The van der Waals surface area contributed by atoms with Crippen LogP contribution in [0, 0.1) is 6.92 Å². The van der Waals surface area contributed by atoms with E-state index in [4.69, 9.17) is 0 Å². The molecule has 2 aromatic heterocycles. The van der Waals surface area contributed by atoms with Crippen molar-refractivity contribution in [3.8, 4) is 5.75 Å². The van der Waals surface area contributed by atoms with Gasteiger partial charge in [-0.25, -0.2) is 13.4 Å². The number of aryl methyl sites for hydroxylation is 1. The lowest BCUT2D eigenvalue weighted by atomic mass is 10.2. The van der Waals surface area contributed by atoms with Crippen molar-refractivity contribution in [1.29, 1.82) is 0 Å². The smallest absolute Gasteiger partial charge is 0.480 e. The van der Waals surface area contributed by atoms with Crippen molar-refractivity contribution in [1.82, 2.24) is 18.9 Å². The van der Waals surface area contributed by atoms with Gasteiger partial charge in [-0.3, -0.25) is 9.59 Å². The molecule has 3 aromatic rings. The van der Waals surface area contributed by atoms with Crippen LogP contribution < -0.4 is 15.2 Å². The van der Waals surface area contributed by atoms with Crippen LogP contribution in [0.25, 0.3) is 4.96 Å². The molecule has 0 amide bonds. The minimum atomic E-state index is -4.94. The first-order valence-electron chi connectivity index (χ1n) is 9.58. The maximum Gasteiger partial charge on any atom is 0.573 e. The number of carboxylic acid groups (broad SMARTS) is 1. The molecule has 1 atom stereocenters. The van der Waals surface area contributed by atoms with E-state index in [0.717, 1.165) is 44.4 Å². The molecule has 1 aromatic carbocycles. The third kappa shape index (κ3) is 4.69. The fraction of sp³-hybridized carbons (Fsp3) is 0.333. The van der Waals surface area contributed by atoms with Gasteiger partial charge in [-0.2, -0.15) is 8.82 Å². The Morgan fingerprint density at radius 3 is 2.53 bits per heavy atom. The fourth-order valence-electron chi connectivity index (χ4n) is 3.42. The molecule has 0 spiro atoms. The van der Waals surface area contributed by atoms with Gasteiger partial charge in [0.1, 0.15) is 11.8 Å². The Morgan fingerprint density at radius 1 is 1.24 bits per heavy atom. The molecule has 1 aliphatic heterocycles. The van der Waals surface area contributed by atoms with Gasteiger partial charge in [-0.1, -0.05) is 11.3 Å². The zero-order valence-electron chi connectivity index (χ0n) is 17.3. The van der Waals surface area contributed by atoms with Crippen LogP contribution in [0.1, 0.15) is 5.69 Å². The lowest BCUT2D eigenvalue weighted by Crippen LogP contribution is -2.58. The Labute approximate surface area is 193 Å². The Hall–Kier alpha value is -3.24. The number of hydrogen-bond donors (Lipinski definition) is 1. The summed E-state index contributed by atoms with van der Waals surface area (Å²) in [7, 11) is -4.35. The molecule has 11 nitrogen and oxygen atoms in total. The van der Waals surface area contributed by atoms with E-state index in [1.165, 1.54) is 6.07 Å². The molecule has 4 rings (SSSR count). The standard InChI is InChI=1S/C18H16F3N5O6S2/c1-10-8-14(27)26-16(22-10)33-17(23-26)24-6-7-25(13(9-24)15(28)29)34(30,31)12-4-2-11(3-5-12)32-18(19,20)21/h2-5,8,13H,6-7,9H2,1H3,(H,28,29)/t13-/m1/s1. The number of nitrogens with zero attached hydrogens (tertiary/aromatic N) is 5. The van der Waals surface area contributed by atoms with E-state index in [-0.39, 0.29) is 24.5 Å². The molecular weight excluding hydrogens is 503 g/mol. The highest BCUT2D eigenvalue weighted by Gasteiger charge is 2.41. The highest BCUT2D eigenvalue weighted by atomic mass is 32.2. The van der Waals surface area contributed by atoms with Crippen molar-refractivity contribution in [2.45, 2.75) is 24.2 Å². The van der Waals surface area contributed by atoms with Crippen LogP contribution in [0.3, 0.4) is 0 Å². The van der Waals surface area contributed by atoms with Crippen LogP contribution in [-0.4, -0.2) is 70.4 Å². The summed E-state index contributed by atoms with van der Waals surface area (Å²) in [4.78, 5) is 29.7. The summed E-state index contributed by atoms with van der Waals surface area (Å²) in [5.41, 5.74) is 0.0881. The molecule has 1 saturated heterocycles. The zero-order valence-corrected chi connectivity index (χ0v) is 18.9. The molecule has 0 bridgehead atoms. The summed E-state index contributed by atoms with van der Waals surface area (Å²) in [5, 5.41) is 14.2. The van der Waals surface area contributed by atoms with Crippen molar-refractivity contribution in [3.05, 3.63) is 46.4 Å². The largest absolute Gasteiger partial charge is 0.573 e. The van der Waals surface area contributed by atoms with Crippen molar-refractivity contribution >= 4 is 37.4 Å². The average molecular weight is 519 g/mol. The second-order valence-electron chi connectivity index (χ2n) is 7.25. The number of aliphatic carboxylic acids is 1. The SMILES string of the molecule is Cc1cc(=O)n2nc(N3CCN(S(=O)(=O)c4ccc(OC(F)(F)F)cc4)[C@@H](C(=O)O)C3)sc2n1. The predicted molar refractivity (Wildman–Crippen MR) is 113 cm³/mol. The van der Waals surface area contributed by atoms with E-state index in [9.17, 15) is 36.3 Å². The molecule has 1 fully saturated rings. The summed E-state index contributed by atoms with van der Waals surface area (Å²) < 4.78 is 68.8. The number of sulfonamides is 1. The quantitative estimate of drug-likeness (QED) is 0.530. The molecule has 0 unspecified atom stereocenters. The first kappa shape index (κ1) is 23.9. The van der Waals surface area contributed by atoms with Crippen molar-refractivity contribution in [2.75, 3.05) is 24.5 Å². The molecule has 182 valence electrons.